The number of piperidine rings is 1. The van der Waals surface area contributed by atoms with Crippen molar-refractivity contribution in [2.45, 2.75) is 45.1 Å². The van der Waals surface area contributed by atoms with Crippen molar-refractivity contribution < 1.29 is 14.3 Å². The molecule has 2 fully saturated rings. The third-order valence-electron chi connectivity index (χ3n) is 5.29. The van der Waals surface area contributed by atoms with Gasteiger partial charge in [-0.05, 0) is 44.4 Å². The van der Waals surface area contributed by atoms with Crippen LogP contribution in [-0.2, 0) is 14.3 Å². The van der Waals surface area contributed by atoms with Gasteiger partial charge in [0.2, 0.25) is 5.91 Å². The summed E-state index contributed by atoms with van der Waals surface area (Å²) in [5.74, 6) is 0.573. The Balaban J connectivity index is 1.47. The summed E-state index contributed by atoms with van der Waals surface area (Å²) in [4.78, 5) is 14.5. The first-order valence-corrected chi connectivity index (χ1v) is 8.35. The van der Waals surface area contributed by atoms with E-state index in [0.29, 0.717) is 17.9 Å². The minimum absolute atomic E-state index is 0.213. The van der Waals surface area contributed by atoms with Crippen LogP contribution < -0.4 is 0 Å². The van der Waals surface area contributed by atoms with Crippen molar-refractivity contribution in [3.05, 3.63) is 12.2 Å². The lowest BCUT2D eigenvalue weighted by molar-refractivity contribution is -0.137. The number of rotatable bonds is 4. The van der Waals surface area contributed by atoms with Gasteiger partial charge in [0.1, 0.15) is 0 Å². The molecule has 1 atom stereocenters. The SMILES string of the molecule is CCOC[C@@H]1CC2(CCN(C(=O)C3CC=CC3)CC2)CO1. The highest BCUT2D eigenvalue weighted by Gasteiger charge is 2.43. The molecule has 0 aromatic carbocycles. The van der Waals surface area contributed by atoms with Gasteiger partial charge in [-0.25, -0.2) is 0 Å². The molecule has 1 spiro atoms. The van der Waals surface area contributed by atoms with Gasteiger partial charge >= 0.3 is 0 Å². The van der Waals surface area contributed by atoms with E-state index in [1.807, 2.05) is 6.92 Å². The summed E-state index contributed by atoms with van der Waals surface area (Å²) >= 11 is 0. The fourth-order valence-electron chi connectivity index (χ4n) is 3.88. The monoisotopic (exact) mass is 293 g/mol. The van der Waals surface area contributed by atoms with E-state index in [1.165, 1.54) is 0 Å². The normalized spacial score (nSPS) is 28.6. The van der Waals surface area contributed by atoms with E-state index >= 15 is 0 Å². The Morgan fingerprint density at radius 3 is 2.71 bits per heavy atom. The number of hydrogen-bond donors (Lipinski definition) is 0. The van der Waals surface area contributed by atoms with Gasteiger partial charge in [-0.2, -0.15) is 0 Å². The number of hydrogen-bond acceptors (Lipinski definition) is 3. The number of carbonyl (C=O) groups excluding carboxylic acids is 1. The van der Waals surface area contributed by atoms with Crippen molar-refractivity contribution in [3.8, 4) is 0 Å². The summed E-state index contributed by atoms with van der Waals surface area (Å²) in [5, 5.41) is 0. The second-order valence-corrected chi connectivity index (χ2v) is 6.76. The van der Waals surface area contributed by atoms with Crippen LogP contribution in [0, 0.1) is 11.3 Å². The predicted molar refractivity (Wildman–Crippen MR) is 81.0 cm³/mol. The minimum Gasteiger partial charge on any atom is -0.379 e. The molecule has 3 aliphatic rings. The molecule has 2 heterocycles. The smallest absolute Gasteiger partial charge is 0.226 e. The molecule has 0 radical (unpaired) electrons. The molecule has 0 aromatic rings. The molecular formula is C17H27NO3. The quantitative estimate of drug-likeness (QED) is 0.747. The third kappa shape index (κ3) is 3.32. The van der Waals surface area contributed by atoms with Gasteiger partial charge in [0, 0.05) is 25.6 Å². The molecule has 0 unspecified atom stereocenters. The van der Waals surface area contributed by atoms with E-state index in [9.17, 15) is 4.79 Å². The minimum atomic E-state index is 0.213. The van der Waals surface area contributed by atoms with Crippen LogP contribution in [0.3, 0.4) is 0 Å². The Labute approximate surface area is 127 Å². The van der Waals surface area contributed by atoms with Crippen LogP contribution in [-0.4, -0.2) is 49.8 Å². The highest BCUT2D eigenvalue weighted by Crippen LogP contribution is 2.42. The molecule has 0 bridgehead atoms. The first-order valence-electron chi connectivity index (χ1n) is 8.35. The van der Waals surface area contributed by atoms with Crippen molar-refractivity contribution in [2.75, 3.05) is 32.9 Å². The Morgan fingerprint density at radius 2 is 2.05 bits per heavy atom. The third-order valence-corrected chi connectivity index (χ3v) is 5.29. The van der Waals surface area contributed by atoms with E-state index in [0.717, 1.165) is 58.4 Å². The van der Waals surface area contributed by atoms with Crippen LogP contribution in [0.4, 0.5) is 0 Å². The fraction of sp³-hybridized carbons (Fsp3) is 0.824. The van der Waals surface area contributed by atoms with Crippen LogP contribution in [0.25, 0.3) is 0 Å². The predicted octanol–water partition coefficient (Wildman–Crippen LogP) is 2.39. The molecule has 3 rings (SSSR count). The summed E-state index contributed by atoms with van der Waals surface area (Å²) < 4.78 is 11.4. The molecule has 0 aromatic heterocycles. The van der Waals surface area contributed by atoms with Gasteiger partial charge in [0.15, 0.2) is 0 Å². The Hall–Kier alpha value is -0.870. The van der Waals surface area contributed by atoms with Crippen molar-refractivity contribution in [2.24, 2.45) is 11.3 Å². The average Bonchev–Trinajstić information content (AvgIpc) is 3.16. The molecule has 4 heteroatoms. The summed E-state index contributed by atoms with van der Waals surface area (Å²) in [6.45, 7) is 6.14. The van der Waals surface area contributed by atoms with E-state index in [4.69, 9.17) is 9.47 Å². The maximum absolute atomic E-state index is 12.4. The number of ether oxygens (including phenoxy) is 2. The topological polar surface area (TPSA) is 38.8 Å². The number of nitrogens with zero attached hydrogens (tertiary/aromatic N) is 1. The highest BCUT2D eigenvalue weighted by molar-refractivity contribution is 5.79. The number of likely N-dealkylation sites (tertiary alicyclic amines) is 1. The maximum atomic E-state index is 12.4. The van der Waals surface area contributed by atoms with Crippen LogP contribution in [0.1, 0.15) is 39.0 Å². The summed E-state index contributed by atoms with van der Waals surface area (Å²) in [6, 6.07) is 0. The second-order valence-electron chi connectivity index (χ2n) is 6.76. The first kappa shape index (κ1) is 15.0. The van der Waals surface area contributed by atoms with Crippen molar-refractivity contribution in [1.82, 2.24) is 4.90 Å². The highest BCUT2D eigenvalue weighted by atomic mass is 16.5. The number of amides is 1. The molecule has 2 aliphatic heterocycles. The van der Waals surface area contributed by atoms with E-state index < -0.39 is 0 Å². The van der Waals surface area contributed by atoms with E-state index in [1.54, 1.807) is 0 Å². The van der Waals surface area contributed by atoms with Gasteiger partial charge < -0.3 is 14.4 Å². The molecule has 4 nitrogen and oxygen atoms in total. The van der Waals surface area contributed by atoms with Gasteiger partial charge in [0.05, 0.1) is 19.3 Å². The largest absolute Gasteiger partial charge is 0.379 e. The van der Waals surface area contributed by atoms with Crippen LogP contribution in [0.15, 0.2) is 12.2 Å². The molecule has 1 aliphatic carbocycles. The molecule has 118 valence electrons. The summed E-state index contributed by atoms with van der Waals surface area (Å²) in [5.41, 5.74) is 0.298. The fourth-order valence-corrected chi connectivity index (χ4v) is 3.88. The number of carbonyl (C=O) groups is 1. The molecule has 2 saturated heterocycles. The van der Waals surface area contributed by atoms with Crippen LogP contribution in [0.2, 0.25) is 0 Å². The van der Waals surface area contributed by atoms with Gasteiger partial charge in [-0.3, -0.25) is 4.79 Å². The lowest BCUT2D eigenvalue weighted by Gasteiger charge is -2.39. The Kier molecular flexibility index (Phi) is 4.65. The van der Waals surface area contributed by atoms with Crippen molar-refractivity contribution >= 4 is 5.91 Å². The second kappa shape index (κ2) is 6.49. The maximum Gasteiger partial charge on any atom is 0.226 e. The van der Waals surface area contributed by atoms with Gasteiger partial charge in [-0.15, -0.1) is 0 Å². The Morgan fingerprint density at radius 1 is 1.33 bits per heavy atom. The van der Waals surface area contributed by atoms with Crippen molar-refractivity contribution in [1.29, 1.82) is 0 Å². The van der Waals surface area contributed by atoms with Crippen molar-refractivity contribution in [3.63, 3.8) is 0 Å². The zero-order valence-electron chi connectivity index (χ0n) is 13.1. The van der Waals surface area contributed by atoms with E-state index in [2.05, 4.69) is 17.1 Å². The zero-order chi connectivity index (χ0) is 14.7. The van der Waals surface area contributed by atoms with Crippen LogP contribution in [0.5, 0.6) is 0 Å². The molecule has 21 heavy (non-hydrogen) atoms. The van der Waals surface area contributed by atoms with E-state index in [-0.39, 0.29) is 12.0 Å². The van der Waals surface area contributed by atoms with Crippen LogP contribution >= 0.6 is 0 Å². The average molecular weight is 293 g/mol. The van der Waals surface area contributed by atoms with Gasteiger partial charge in [-0.1, -0.05) is 12.2 Å². The standard InChI is InChI=1S/C17H27NO3/c1-2-20-12-15-11-17(13-21-15)7-9-18(10-8-17)16(19)14-5-3-4-6-14/h3-4,14-15H,2,5-13H2,1H3/t15-/m0/s1. The lowest BCUT2D eigenvalue weighted by atomic mass is 9.76. The number of allylic oxidation sites excluding steroid dienone is 2. The zero-order valence-corrected chi connectivity index (χ0v) is 13.1. The molecule has 0 saturated carbocycles. The molecule has 1 amide bonds. The lowest BCUT2D eigenvalue weighted by Crippen LogP contribution is -2.45. The first-order chi connectivity index (χ1) is 10.2. The van der Waals surface area contributed by atoms with Gasteiger partial charge in [0.25, 0.3) is 0 Å². The molecular weight excluding hydrogens is 266 g/mol. The molecule has 0 N–H and O–H groups in total. The Bertz CT molecular complexity index is 391. The summed E-state index contributed by atoms with van der Waals surface area (Å²) in [7, 11) is 0. The summed E-state index contributed by atoms with van der Waals surface area (Å²) in [6.07, 6.45) is 9.66.